The molecule has 0 aliphatic heterocycles. The molecular weight excluding hydrogens is 254 g/mol. The number of hydrogen-bond donors (Lipinski definition) is 1. The molecule has 4 nitrogen and oxygen atoms in total. The van der Waals surface area contributed by atoms with Gasteiger partial charge in [-0.1, -0.05) is 24.3 Å². The van der Waals surface area contributed by atoms with Crippen molar-refractivity contribution >= 4 is 12.4 Å². The molecule has 0 aromatic heterocycles. The van der Waals surface area contributed by atoms with Gasteiger partial charge in [0.15, 0.2) is 0 Å². The van der Waals surface area contributed by atoms with Crippen molar-refractivity contribution in [1.29, 1.82) is 0 Å². The smallest absolute Gasteiger partial charge is 0.407 e. The first-order valence-corrected chi connectivity index (χ1v) is 6.91. The number of carbonyl (C=O) groups excluding carboxylic acids is 2. The largest absolute Gasteiger partial charge is 0.444 e. The Hall–Kier alpha value is -1.84. The molecule has 0 saturated heterocycles. The second kappa shape index (κ2) is 5.65. The highest BCUT2D eigenvalue weighted by Gasteiger charge is 2.28. The topological polar surface area (TPSA) is 55.4 Å². The SMILES string of the molecule is CC(C)(C)OC(=O)N[C@H]1Cc2ccccc2[C@H](C=O)C1. The van der Waals surface area contributed by atoms with E-state index >= 15 is 0 Å². The molecule has 0 spiro atoms. The molecule has 0 bridgehead atoms. The fraction of sp³-hybridized carbons (Fsp3) is 0.500. The van der Waals surface area contributed by atoms with E-state index in [-0.39, 0.29) is 12.0 Å². The van der Waals surface area contributed by atoms with Crippen molar-refractivity contribution in [2.24, 2.45) is 0 Å². The Kier molecular flexibility index (Phi) is 4.12. The lowest BCUT2D eigenvalue weighted by molar-refractivity contribution is -0.109. The molecule has 1 aliphatic rings. The normalized spacial score (nSPS) is 21.8. The molecular formula is C16H21NO3. The van der Waals surface area contributed by atoms with Crippen LogP contribution in [0.15, 0.2) is 24.3 Å². The maximum absolute atomic E-state index is 11.8. The summed E-state index contributed by atoms with van der Waals surface area (Å²) in [6, 6.07) is 7.83. The molecule has 20 heavy (non-hydrogen) atoms. The van der Waals surface area contributed by atoms with E-state index in [9.17, 15) is 9.59 Å². The van der Waals surface area contributed by atoms with Crippen molar-refractivity contribution in [3.63, 3.8) is 0 Å². The van der Waals surface area contributed by atoms with Crippen molar-refractivity contribution in [3.8, 4) is 0 Å². The summed E-state index contributed by atoms with van der Waals surface area (Å²) in [4.78, 5) is 23.1. The van der Waals surface area contributed by atoms with Crippen molar-refractivity contribution in [1.82, 2.24) is 5.32 Å². The second-order valence-corrected chi connectivity index (χ2v) is 6.22. The molecule has 1 aliphatic carbocycles. The zero-order valence-corrected chi connectivity index (χ0v) is 12.2. The van der Waals surface area contributed by atoms with Crippen LogP contribution < -0.4 is 5.32 Å². The molecule has 1 aromatic carbocycles. The van der Waals surface area contributed by atoms with E-state index in [2.05, 4.69) is 5.32 Å². The summed E-state index contributed by atoms with van der Waals surface area (Å²) in [5.74, 6) is -0.153. The zero-order valence-electron chi connectivity index (χ0n) is 12.2. The van der Waals surface area contributed by atoms with E-state index < -0.39 is 11.7 Å². The highest BCUT2D eigenvalue weighted by Crippen LogP contribution is 2.30. The lowest BCUT2D eigenvalue weighted by atomic mass is 9.81. The van der Waals surface area contributed by atoms with E-state index in [1.807, 2.05) is 45.0 Å². The van der Waals surface area contributed by atoms with E-state index in [0.717, 1.165) is 23.8 Å². The number of alkyl carbamates (subject to hydrolysis) is 1. The van der Waals surface area contributed by atoms with Gasteiger partial charge >= 0.3 is 6.09 Å². The number of aldehydes is 1. The lowest BCUT2D eigenvalue weighted by Gasteiger charge is -2.30. The van der Waals surface area contributed by atoms with Crippen LogP contribution in [0.1, 0.15) is 44.2 Å². The van der Waals surface area contributed by atoms with Gasteiger partial charge in [-0.05, 0) is 44.7 Å². The quantitative estimate of drug-likeness (QED) is 0.844. The number of amides is 1. The Labute approximate surface area is 119 Å². The Morgan fingerprint density at radius 2 is 2.05 bits per heavy atom. The summed E-state index contributed by atoms with van der Waals surface area (Å²) in [5, 5.41) is 2.86. The molecule has 0 fully saturated rings. The van der Waals surface area contributed by atoms with E-state index in [0.29, 0.717) is 6.42 Å². The zero-order chi connectivity index (χ0) is 14.8. The van der Waals surface area contributed by atoms with Gasteiger partial charge < -0.3 is 14.8 Å². The van der Waals surface area contributed by atoms with Crippen LogP contribution in [0.4, 0.5) is 4.79 Å². The third-order valence-electron chi connectivity index (χ3n) is 3.34. The molecule has 1 N–H and O–H groups in total. The Balaban J connectivity index is 2.06. The number of carbonyl (C=O) groups is 2. The minimum atomic E-state index is -0.513. The predicted molar refractivity (Wildman–Crippen MR) is 76.7 cm³/mol. The fourth-order valence-corrected chi connectivity index (χ4v) is 2.58. The first-order valence-electron chi connectivity index (χ1n) is 6.91. The van der Waals surface area contributed by atoms with Gasteiger partial charge in [0.25, 0.3) is 0 Å². The molecule has 0 heterocycles. The van der Waals surface area contributed by atoms with Gasteiger partial charge in [-0.25, -0.2) is 4.79 Å². The number of nitrogens with one attached hydrogen (secondary N) is 1. The lowest BCUT2D eigenvalue weighted by Crippen LogP contribution is -2.42. The van der Waals surface area contributed by atoms with Gasteiger partial charge in [-0.2, -0.15) is 0 Å². The predicted octanol–water partition coefficient (Wildman–Crippen LogP) is 2.81. The van der Waals surface area contributed by atoms with Crippen LogP contribution in [0.3, 0.4) is 0 Å². The average molecular weight is 275 g/mol. The Morgan fingerprint density at radius 1 is 1.35 bits per heavy atom. The first-order chi connectivity index (χ1) is 9.39. The fourth-order valence-electron chi connectivity index (χ4n) is 2.58. The Bertz CT molecular complexity index is 505. The van der Waals surface area contributed by atoms with Crippen molar-refractivity contribution in [3.05, 3.63) is 35.4 Å². The van der Waals surface area contributed by atoms with E-state index in [4.69, 9.17) is 4.74 Å². The van der Waals surface area contributed by atoms with Gasteiger partial charge in [0.1, 0.15) is 11.9 Å². The number of ether oxygens (including phenoxy) is 1. The van der Waals surface area contributed by atoms with Crippen LogP contribution >= 0.6 is 0 Å². The number of fused-ring (bicyclic) bond motifs is 1. The monoisotopic (exact) mass is 275 g/mol. The maximum atomic E-state index is 11.8. The third-order valence-corrected chi connectivity index (χ3v) is 3.34. The average Bonchev–Trinajstić information content (AvgIpc) is 2.35. The van der Waals surface area contributed by atoms with Gasteiger partial charge in [0, 0.05) is 12.0 Å². The molecule has 0 saturated carbocycles. The third kappa shape index (κ3) is 3.59. The number of hydrogen-bond acceptors (Lipinski definition) is 3. The molecule has 2 rings (SSSR count). The molecule has 4 heteroatoms. The summed E-state index contributed by atoms with van der Waals surface area (Å²) >= 11 is 0. The van der Waals surface area contributed by atoms with Crippen LogP contribution in [-0.2, 0) is 16.0 Å². The van der Waals surface area contributed by atoms with Crippen molar-refractivity contribution in [2.75, 3.05) is 0 Å². The van der Waals surface area contributed by atoms with Crippen LogP contribution in [-0.4, -0.2) is 24.0 Å². The molecule has 0 unspecified atom stereocenters. The van der Waals surface area contributed by atoms with Gasteiger partial charge in [0.2, 0.25) is 0 Å². The molecule has 0 radical (unpaired) electrons. The number of benzene rings is 1. The standard InChI is InChI=1S/C16H21NO3/c1-16(2,3)20-15(19)17-13-8-11-6-4-5-7-14(11)12(9-13)10-18/h4-7,10,12-13H,8-9H2,1-3H3,(H,17,19)/t12-,13-/m0/s1. The van der Waals surface area contributed by atoms with E-state index in [1.54, 1.807) is 0 Å². The molecule has 1 aromatic rings. The van der Waals surface area contributed by atoms with Crippen molar-refractivity contribution < 1.29 is 14.3 Å². The first kappa shape index (κ1) is 14.6. The highest BCUT2D eigenvalue weighted by molar-refractivity contribution is 5.69. The summed E-state index contributed by atoms with van der Waals surface area (Å²) < 4.78 is 5.26. The molecule has 2 atom stereocenters. The second-order valence-electron chi connectivity index (χ2n) is 6.22. The molecule has 108 valence electrons. The summed E-state index contributed by atoms with van der Waals surface area (Å²) in [6.45, 7) is 5.49. The van der Waals surface area contributed by atoms with Crippen LogP contribution in [0.25, 0.3) is 0 Å². The van der Waals surface area contributed by atoms with E-state index in [1.165, 1.54) is 0 Å². The highest BCUT2D eigenvalue weighted by atomic mass is 16.6. The maximum Gasteiger partial charge on any atom is 0.407 e. The Morgan fingerprint density at radius 3 is 2.70 bits per heavy atom. The van der Waals surface area contributed by atoms with Gasteiger partial charge in [0.05, 0.1) is 0 Å². The van der Waals surface area contributed by atoms with Crippen LogP contribution in [0.2, 0.25) is 0 Å². The number of rotatable bonds is 2. The van der Waals surface area contributed by atoms with Crippen LogP contribution in [0.5, 0.6) is 0 Å². The van der Waals surface area contributed by atoms with Crippen LogP contribution in [0, 0.1) is 0 Å². The van der Waals surface area contributed by atoms with Gasteiger partial charge in [-0.15, -0.1) is 0 Å². The van der Waals surface area contributed by atoms with Gasteiger partial charge in [-0.3, -0.25) is 0 Å². The molecule has 1 amide bonds. The summed E-state index contributed by atoms with van der Waals surface area (Å²) in [7, 11) is 0. The summed E-state index contributed by atoms with van der Waals surface area (Å²) in [5.41, 5.74) is 1.68. The summed E-state index contributed by atoms with van der Waals surface area (Å²) in [6.07, 6.45) is 1.90. The minimum absolute atomic E-state index is 0.0602. The van der Waals surface area contributed by atoms with Crippen molar-refractivity contribution in [2.45, 2.75) is 51.2 Å². The minimum Gasteiger partial charge on any atom is -0.444 e.